The molecule has 0 aliphatic carbocycles. The van der Waals surface area contributed by atoms with Crippen molar-refractivity contribution in [1.82, 2.24) is 0 Å². The highest BCUT2D eigenvalue weighted by atomic mass is 127. The summed E-state index contributed by atoms with van der Waals surface area (Å²) in [7, 11) is 0. The van der Waals surface area contributed by atoms with Crippen LogP contribution in [-0.2, 0) is 4.79 Å². The minimum atomic E-state index is -0.743. The number of aliphatic carboxylic acids is 1. The van der Waals surface area contributed by atoms with E-state index in [0.717, 1.165) is 9.13 Å². The van der Waals surface area contributed by atoms with Gasteiger partial charge in [0.05, 0.1) is 6.42 Å². The zero-order valence-corrected chi connectivity index (χ0v) is 9.48. The van der Waals surface area contributed by atoms with E-state index in [9.17, 15) is 4.79 Å². The summed E-state index contributed by atoms with van der Waals surface area (Å²) in [6.07, 6.45) is 0.194. The molecule has 1 atom stereocenters. The fourth-order valence-electron chi connectivity index (χ4n) is 1.25. The Morgan fingerprint density at radius 2 is 2.15 bits per heavy atom. The summed E-state index contributed by atoms with van der Waals surface area (Å²) < 4.78 is 1.13. The Labute approximate surface area is 91.1 Å². The Kier molecular flexibility index (Phi) is 3.71. The Morgan fingerprint density at radius 3 is 2.69 bits per heavy atom. The summed E-state index contributed by atoms with van der Waals surface area (Å²) in [6.45, 7) is 1.94. The molecule has 2 nitrogen and oxygen atoms in total. The fraction of sp³-hybridized carbons (Fsp3) is 0.300. The summed E-state index contributed by atoms with van der Waals surface area (Å²) in [6, 6.07) is 7.87. The van der Waals surface area contributed by atoms with Crippen LogP contribution in [0.5, 0.6) is 0 Å². The summed E-state index contributed by atoms with van der Waals surface area (Å²) >= 11 is 2.23. The highest BCUT2D eigenvalue weighted by molar-refractivity contribution is 14.1. The number of carbonyl (C=O) groups is 1. The summed E-state index contributed by atoms with van der Waals surface area (Å²) in [5, 5.41) is 8.63. The van der Waals surface area contributed by atoms with E-state index >= 15 is 0 Å². The van der Waals surface area contributed by atoms with E-state index in [1.165, 1.54) is 0 Å². The van der Waals surface area contributed by atoms with Crippen molar-refractivity contribution in [3.63, 3.8) is 0 Å². The molecule has 0 saturated heterocycles. The quantitative estimate of drug-likeness (QED) is 0.869. The minimum Gasteiger partial charge on any atom is -0.481 e. The average molecular weight is 290 g/mol. The van der Waals surface area contributed by atoms with Crippen LogP contribution in [-0.4, -0.2) is 11.1 Å². The van der Waals surface area contributed by atoms with Crippen LogP contribution in [0.2, 0.25) is 0 Å². The molecule has 3 heteroatoms. The second-order valence-electron chi connectivity index (χ2n) is 3.02. The lowest BCUT2D eigenvalue weighted by Gasteiger charge is -2.10. The third kappa shape index (κ3) is 2.99. The van der Waals surface area contributed by atoms with Gasteiger partial charge in [0.2, 0.25) is 0 Å². The number of hydrogen-bond donors (Lipinski definition) is 1. The predicted molar refractivity (Wildman–Crippen MR) is 59.8 cm³/mol. The van der Waals surface area contributed by atoms with Gasteiger partial charge in [0.15, 0.2) is 0 Å². The lowest BCUT2D eigenvalue weighted by molar-refractivity contribution is -0.137. The van der Waals surface area contributed by atoms with Gasteiger partial charge in [-0.25, -0.2) is 0 Å². The van der Waals surface area contributed by atoms with E-state index in [1.807, 2.05) is 31.2 Å². The van der Waals surface area contributed by atoms with Crippen molar-refractivity contribution in [3.8, 4) is 0 Å². The standard InChI is InChI=1S/C10H11IO2/c1-7(6-10(12)13)8-4-2-3-5-9(8)11/h2-5,7H,6H2,1H3,(H,12,13). The van der Waals surface area contributed by atoms with E-state index in [1.54, 1.807) is 0 Å². The van der Waals surface area contributed by atoms with Crippen LogP contribution in [0.3, 0.4) is 0 Å². The summed E-state index contributed by atoms with van der Waals surface area (Å²) in [4.78, 5) is 10.5. The van der Waals surface area contributed by atoms with Crippen LogP contribution >= 0.6 is 22.6 Å². The van der Waals surface area contributed by atoms with Gasteiger partial charge in [0, 0.05) is 3.57 Å². The molecule has 1 rings (SSSR count). The van der Waals surface area contributed by atoms with E-state index in [4.69, 9.17) is 5.11 Å². The van der Waals surface area contributed by atoms with Crippen molar-refractivity contribution in [1.29, 1.82) is 0 Å². The number of benzene rings is 1. The molecule has 0 heterocycles. The topological polar surface area (TPSA) is 37.3 Å². The molecule has 1 unspecified atom stereocenters. The Bertz CT molecular complexity index is 310. The molecule has 0 aliphatic heterocycles. The maximum atomic E-state index is 10.5. The third-order valence-corrected chi connectivity index (χ3v) is 2.90. The number of hydrogen-bond acceptors (Lipinski definition) is 1. The molecule has 0 fully saturated rings. The van der Waals surface area contributed by atoms with Crippen LogP contribution < -0.4 is 0 Å². The van der Waals surface area contributed by atoms with Gasteiger partial charge in [0.1, 0.15) is 0 Å². The van der Waals surface area contributed by atoms with Crippen LogP contribution in [0, 0.1) is 3.57 Å². The van der Waals surface area contributed by atoms with Crippen LogP contribution in [0.15, 0.2) is 24.3 Å². The summed E-state index contributed by atoms with van der Waals surface area (Å²) in [5.41, 5.74) is 1.12. The molecule has 0 bridgehead atoms. The molecule has 0 spiro atoms. The maximum absolute atomic E-state index is 10.5. The number of carboxylic acids is 1. The first-order chi connectivity index (χ1) is 6.11. The first-order valence-electron chi connectivity index (χ1n) is 4.07. The van der Waals surface area contributed by atoms with Crippen molar-refractivity contribution in [2.75, 3.05) is 0 Å². The third-order valence-electron chi connectivity index (χ3n) is 1.92. The Balaban J connectivity index is 2.82. The van der Waals surface area contributed by atoms with Crippen molar-refractivity contribution < 1.29 is 9.90 Å². The maximum Gasteiger partial charge on any atom is 0.303 e. The lowest BCUT2D eigenvalue weighted by Crippen LogP contribution is -2.04. The fourth-order valence-corrected chi connectivity index (χ4v) is 2.17. The molecule has 1 N–H and O–H groups in total. The number of halogens is 1. The second kappa shape index (κ2) is 4.60. The molecule has 0 saturated carbocycles. The monoisotopic (exact) mass is 290 g/mol. The van der Waals surface area contributed by atoms with Crippen molar-refractivity contribution in [2.45, 2.75) is 19.3 Å². The number of rotatable bonds is 3. The van der Waals surface area contributed by atoms with Gasteiger partial charge < -0.3 is 5.11 Å². The van der Waals surface area contributed by atoms with E-state index in [0.29, 0.717) is 0 Å². The van der Waals surface area contributed by atoms with Gasteiger partial charge >= 0.3 is 5.97 Å². The molecule has 0 aliphatic rings. The molecule has 0 amide bonds. The second-order valence-corrected chi connectivity index (χ2v) is 4.18. The summed E-state index contributed by atoms with van der Waals surface area (Å²) in [5.74, 6) is -0.655. The Morgan fingerprint density at radius 1 is 1.54 bits per heavy atom. The molecule has 1 aromatic carbocycles. The van der Waals surface area contributed by atoms with Gasteiger partial charge in [-0.05, 0) is 40.1 Å². The average Bonchev–Trinajstić information content (AvgIpc) is 2.03. The molecular weight excluding hydrogens is 279 g/mol. The van der Waals surface area contributed by atoms with Crippen molar-refractivity contribution >= 4 is 28.6 Å². The number of carboxylic acid groups (broad SMARTS) is 1. The smallest absolute Gasteiger partial charge is 0.303 e. The molecule has 13 heavy (non-hydrogen) atoms. The largest absolute Gasteiger partial charge is 0.481 e. The molecule has 70 valence electrons. The molecular formula is C10H11IO2. The first-order valence-corrected chi connectivity index (χ1v) is 5.15. The highest BCUT2D eigenvalue weighted by Crippen LogP contribution is 2.23. The van der Waals surface area contributed by atoms with Gasteiger partial charge in [-0.2, -0.15) is 0 Å². The SMILES string of the molecule is CC(CC(=O)O)c1ccccc1I. The van der Waals surface area contributed by atoms with E-state index < -0.39 is 5.97 Å². The molecule has 0 aromatic heterocycles. The van der Waals surface area contributed by atoms with Crippen molar-refractivity contribution in [2.24, 2.45) is 0 Å². The predicted octanol–water partition coefficient (Wildman–Crippen LogP) is 2.87. The van der Waals surface area contributed by atoms with Gasteiger partial charge in [-0.15, -0.1) is 0 Å². The van der Waals surface area contributed by atoms with E-state index in [2.05, 4.69) is 22.6 Å². The zero-order valence-electron chi connectivity index (χ0n) is 7.33. The van der Waals surface area contributed by atoms with Crippen molar-refractivity contribution in [3.05, 3.63) is 33.4 Å². The van der Waals surface area contributed by atoms with Gasteiger partial charge in [-0.3, -0.25) is 4.79 Å². The van der Waals surface area contributed by atoms with Crippen LogP contribution in [0.1, 0.15) is 24.8 Å². The normalized spacial score (nSPS) is 12.5. The van der Waals surface area contributed by atoms with E-state index in [-0.39, 0.29) is 12.3 Å². The zero-order chi connectivity index (χ0) is 9.84. The van der Waals surface area contributed by atoms with Crippen LogP contribution in [0.4, 0.5) is 0 Å². The minimum absolute atomic E-state index is 0.0885. The van der Waals surface area contributed by atoms with Gasteiger partial charge in [-0.1, -0.05) is 25.1 Å². The Hall–Kier alpha value is -0.580. The first kappa shape index (κ1) is 10.5. The highest BCUT2D eigenvalue weighted by Gasteiger charge is 2.11. The molecule has 0 radical (unpaired) electrons. The van der Waals surface area contributed by atoms with Crippen LogP contribution in [0.25, 0.3) is 0 Å². The van der Waals surface area contributed by atoms with Gasteiger partial charge in [0.25, 0.3) is 0 Å². The molecule has 1 aromatic rings. The lowest BCUT2D eigenvalue weighted by atomic mass is 9.98.